The van der Waals surface area contributed by atoms with Crippen LogP contribution in [0.5, 0.6) is 0 Å². The number of hydrogen-bond acceptors (Lipinski definition) is 4. The molecule has 7 nitrogen and oxygen atoms in total. The van der Waals surface area contributed by atoms with Gasteiger partial charge in [-0.2, -0.15) is 5.10 Å². The highest BCUT2D eigenvalue weighted by molar-refractivity contribution is 5.76. The van der Waals surface area contributed by atoms with E-state index in [0.717, 1.165) is 36.8 Å². The molecule has 1 fully saturated rings. The van der Waals surface area contributed by atoms with Crippen LogP contribution in [0.4, 0.5) is 4.39 Å². The van der Waals surface area contributed by atoms with Crippen molar-refractivity contribution in [2.24, 2.45) is 5.41 Å². The molecule has 1 heterocycles. The monoisotopic (exact) mass is 401 g/mol. The number of aromatic nitrogens is 2. The average Bonchev–Trinajstić information content (AvgIpc) is 2.69. The molecular weight excluding hydrogens is 377 g/mol. The van der Waals surface area contributed by atoms with E-state index in [4.69, 9.17) is 0 Å². The van der Waals surface area contributed by atoms with E-state index in [2.05, 4.69) is 10.4 Å². The Hall–Kier alpha value is -3.03. The van der Waals surface area contributed by atoms with E-state index in [1.807, 2.05) is 0 Å². The molecule has 154 valence electrons. The summed E-state index contributed by atoms with van der Waals surface area (Å²) in [6, 6.07) is 8.52. The van der Waals surface area contributed by atoms with Gasteiger partial charge in [0.05, 0.1) is 12.1 Å². The molecule has 0 radical (unpaired) electrons. The molecule has 3 rings (SSSR count). The van der Waals surface area contributed by atoms with E-state index in [1.165, 1.54) is 24.3 Å². The summed E-state index contributed by atoms with van der Waals surface area (Å²) in [5, 5.41) is 16.2. The van der Waals surface area contributed by atoms with Crippen LogP contribution in [0.1, 0.15) is 38.5 Å². The Kier molecular flexibility index (Phi) is 6.41. The molecule has 0 aliphatic heterocycles. The molecule has 2 N–H and O–H groups in total. The van der Waals surface area contributed by atoms with E-state index < -0.39 is 22.9 Å². The Labute approximate surface area is 167 Å². The summed E-state index contributed by atoms with van der Waals surface area (Å²) in [4.78, 5) is 35.8. The van der Waals surface area contributed by atoms with Crippen LogP contribution >= 0.6 is 0 Å². The topological polar surface area (TPSA) is 101 Å². The molecule has 0 atom stereocenters. The normalized spacial score (nSPS) is 15.6. The standard InChI is InChI=1S/C21H24FN3O4/c22-16-6-4-15(5-7-16)17-8-9-19(27)25(24-17)13-18(26)23-14-21(12-20(28)29)10-2-1-3-11-21/h4-9H,1-3,10-14H2,(H,23,26)(H,28,29). The van der Waals surface area contributed by atoms with Gasteiger partial charge in [-0.05, 0) is 48.6 Å². The number of carboxylic acids is 1. The molecule has 1 aliphatic carbocycles. The van der Waals surface area contributed by atoms with Crippen molar-refractivity contribution in [3.8, 4) is 11.3 Å². The number of carbonyl (C=O) groups is 2. The second-order valence-electron chi connectivity index (χ2n) is 7.63. The fourth-order valence-corrected chi connectivity index (χ4v) is 3.85. The second-order valence-corrected chi connectivity index (χ2v) is 7.63. The minimum atomic E-state index is -0.869. The Morgan fingerprint density at radius 2 is 1.79 bits per heavy atom. The lowest BCUT2D eigenvalue weighted by atomic mass is 9.71. The number of nitrogens with zero attached hydrogens (tertiary/aromatic N) is 2. The number of hydrogen-bond donors (Lipinski definition) is 2. The lowest BCUT2D eigenvalue weighted by Crippen LogP contribution is -2.42. The third kappa shape index (κ3) is 5.49. The minimum absolute atomic E-state index is 0.0194. The van der Waals surface area contributed by atoms with E-state index >= 15 is 0 Å². The van der Waals surface area contributed by atoms with Gasteiger partial charge in [0.15, 0.2) is 0 Å². The summed E-state index contributed by atoms with van der Waals surface area (Å²) in [7, 11) is 0. The highest BCUT2D eigenvalue weighted by Crippen LogP contribution is 2.38. The number of nitrogens with one attached hydrogen (secondary N) is 1. The van der Waals surface area contributed by atoms with Gasteiger partial charge in [-0.25, -0.2) is 9.07 Å². The second kappa shape index (κ2) is 8.98. The third-order valence-electron chi connectivity index (χ3n) is 5.40. The number of rotatable bonds is 7. The van der Waals surface area contributed by atoms with Crippen molar-refractivity contribution in [2.45, 2.75) is 45.1 Å². The van der Waals surface area contributed by atoms with E-state index in [1.54, 1.807) is 12.1 Å². The highest BCUT2D eigenvalue weighted by Gasteiger charge is 2.34. The number of halogens is 1. The van der Waals surface area contributed by atoms with Crippen LogP contribution in [-0.2, 0) is 16.1 Å². The maximum absolute atomic E-state index is 13.1. The lowest BCUT2D eigenvalue weighted by molar-refractivity contribution is -0.140. The predicted molar refractivity (Wildman–Crippen MR) is 105 cm³/mol. The first kappa shape index (κ1) is 20.7. The van der Waals surface area contributed by atoms with Gasteiger partial charge in [-0.3, -0.25) is 14.4 Å². The smallest absolute Gasteiger partial charge is 0.303 e. The maximum Gasteiger partial charge on any atom is 0.303 e. The van der Waals surface area contributed by atoms with Crippen LogP contribution in [0.25, 0.3) is 11.3 Å². The van der Waals surface area contributed by atoms with Crippen molar-refractivity contribution >= 4 is 11.9 Å². The molecule has 1 aromatic carbocycles. The van der Waals surface area contributed by atoms with Crippen molar-refractivity contribution < 1.29 is 19.1 Å². The summed E-state index contributed by atoms with van der Waals surface area (Å²) in [5.74, 6) is -1.64. The van der Waals surface area contributed by atoms with Gasteiger partial charge in [-0.1, -0.05) is 19.3 Å². The number of amides is 1. The predicted octanol–water partition coefficient (Wildman–Crippen LogP) is 2.59. The Bertz CT molecular complexity index is 934. The third-order valence-corrected chi connectivity index (χ3v) is 5.40. The number of carbonyl (C=O) groups excluding carboxylic acids is 1. The number of carboxylic acid groups (broad SMARTS) is 1. The quantitative estimate of drug-likeness (QED) is 0.743. The average molecular weight is 401 g/mol. The van der Waals surface area contributed by atoms with Crippen molar-refractivity contribution in [1.29, 1.82) is 0 Å². The van der Waals surface area contributed by atoms with Crippen molar-refractivity contribution in [3.63, 3.8) is 0 Å². The maximum atomic E-state index is 13.1. The van der Waals surface area contributed by atoms with Gasteiger partial charge < -0.3 is 10.4 Å². The lowest BCUT2D eigenvalue weighted by Gasteiger charge is -2.36. The first-order valence-corrected chi connectivity index (χ1v) is 9.70. The summed E-state index contributed by atoms with van der Waals surface area (Å²) < 4.78 is 14.2. The molecule has 1 aliphatic rings. The van der Waals surface area contributed by atoms with Gasteiger partial charge in [0.2, 0.25) is 5.91 Å². The summed E-state index contributed by atoms with van der Waals surface area (Å²) in [6.45, 7) is 0.00154. The van der Waals surface area contributed by atoms with E-state index in [9.17, 15) is 23.9 Å². The summed E-state index contributed by atoms with van der Waals surface area (Å²) in [6.07, 6.45) is 4.51. The number of benzene rings is 1. The molecule has 1 aromatic heterocycles. The zero-order chi connectivity index (χ0) is 20.9. The van der Waals surface area contributed by atoms with Crippen molar-refractivity contribution in [3.05, 3.63) is 52.6 Å². The first-order valence-electron chi connectivity index (χ1n) is 9.70. The fraction of sp³-hybridized carbons (Fsp3) is 0.429. The largest absolute Gasteiger partial charge is 0.481 e. The Morgan fingerprint density at radius 3 is 2.45 bits per heavy atom. The van der Waals surface area contributed by atoms with Crippen LogP contribution in [-0.4, -0.2) is 33.3 Å². The zero-order valence-electron chi connectivity index (χ0n) is 16.1. The Balaban J connectivity index is 1.68. The molecule has 2 aromatic rings. The molecule has 1 saturated carbocycles. The van der Waals surface area contributed by atoms with Crippen LogP contribution in [0, 0.1) is 11.2 Å². The molecule has 1 amide bonds. The van der Waals surface area contributed by atoms with Crippen LogP contribution < -0.4 is 10.9 Å². The molecule has 0 saturated heterocycles. The van der Waals surface area contributed by atoms with E-state index in [0.29, 0.717) is 11.3 Å². The van der Waals surface area contributed by atoms with Crippen LogP contribution in [0.15, 0.2) is 41.2 Å². The first-order chi connectivity index (χ1) is 13.9. The van der Waals surface area contributed by atoms with Crippen LogP contribution in [0.2, 0.25) is 0 Å². The van der Waals surface area contributed by atoms with Crippen LogP contribution in [0.3, 0.4) is 0 Å². The van der Waals surface area contributed by atoms with Gasteiger partial charge >= 0.3 is 5.97 Å². The number of aliphatic carboxylic acids is 1. The van der Waals surface area contributed by atoms with Gasteiger partial charge in [-0.15, -0.1) is 0 Å². The SMILES string of the molecule is O=C(O)CC1(CNC(=O)Cn2nc(-c3ccc(F)cc3)ccc2=O)CCCCC1. The zero-order valence-corrected chi connectivity index (χ0v) is 16.1. The van der Waals surface area contributed by atoms with Crippen molar-refractivity contribution in [1.82, 2.24) is 15.1 Å². The Morgan fingerprint density at radius 1 is 1.10 bits per heavy atom. The molecule has 8 heteroatoms. The molecule has 0 bridgehead atoms. The van der Waals surface area contributed by atoms with E-state index in [-0.39, 0.29) is 25.3 Å². The molecule has 0 unspecified atom stereocenters. The molecular formula is C21H24FN3O4. The van der Waals surface area contributed by atoms with Gasteiger partial charge in [0, 0.05) is 18.2 Å². The fourth-order valence-electron chi connectivity index (χ4n) is 3.85. The highest BCUT2D eigenvalue weighted by atomic mass is 19.1. The minimum Gasteiger partial charge on any atom is -0.481 e. The molecule has 29 heavy (non-hydrogen) atoms. The molecule has 0 spiro atoms. The summed E-state index contributed by atoms with van der Waals surface area (Å²) >= 11 is 0. The van der Waals surface area contributed by atoms with Crippen molar-refractivity contribution in [2.75, 3.05) is 6.54 Å². The van der Waals surface area contributed by atoms with Gasteiger partial charge in [0.1, 0.15) is 12.4 Å². The summed E-state index contributed by atoms with van der Waals surface area (Å²) in [5.41, 5.74) is 0.216. The van der Waals surface area contributed by atoms with Gasteiger partial charge in [0.25, 0.3) is 5.56 Å².